The Labute approximate surface area is 91.8 Å². The number of nitrogens with one attached hydrogen (secondary N) is 3. The van der Waals surface area contributed by atoms with E-state index in [9.17, 15) is 0 Å². The molecule has 7 heteroatoms. The van der Waals surface area contributed by atoms with E-state index in [-0.39, 0.29) is 5.54 Å². The zero-order valence-corrected chi connectivity index (χ0v) is 8.91. The first-order valence-electron chi connectivity index (χ1n) is 5.16. The summed E-state index contributed by atoms with van der Waals surface area (Å²) in [6.45, 7) is 2.16. The molecule has 0 bridgehead atoms. The van der Waals surface area contributed by atoms with Crippen molar-refractivity contribution in [2.45, 2.75) is 25.3 Å². The molecule has 1 saturated carbocycles. The predicted molar refractivity (Wildman–Crippen MR) is 60.8 cm³/mol. The lowest BCUT2D eigenvalue weighted by atomic mass is 10.3. The quantitative estimate of drug-likeness (QED) is 0.445. The third-order valence-corrected chi connectivity index (χ3v) is 2.86. The average molecular weight is 219 g/mol. The average Bonchev–Trinajstić information content (AvgIpc) is 2.81. The lowest BCUT2D eigenvalue weighted by Crippen LogP contribution is -2.19. The van der Waals surface area contributed by atoms with Crippen molar-refractivity contribution < 1.29 is 0 Å². The lowest BCUT2D eigenvalue weighted by molar-refractivity contribution is 0.822. The second-order valence-electron chi connectivity index (χ2n) is 4.36. The normalized spacial score (nSPS) is 17.4. The summed E-state index contributed by atoms with van der Waals surface area (Å²) in [5.41, 5.74) is 3.28. The van der Waals surface area contributed by atoms with Gasteiger partial charge in [0.2, 0.25) is 5.95 Å². The molecule has 5 N–H and O–H groups in total. The highest BCUT2D eigenvalue weighted by molar-refractivity contribution is 5.87. The number of hydrogen-bond donors (Lipinski definition) is 4. The number of hydrazine groups is 1. The molecular formula is C9H13N7. The molecule has 0 spiro atoms. The molecule has 16 heavy (non-hydrogen) atoms. The molecule has 0 aromatic carbocycles. The molecular weight excluding hydrogens is 206 g/mol. The van der Waals surface area contributed by atoms with Crippen LogP contribution >= 0.6 is 0 Å². The van der Waals surface area contributed by atoms with Crippen molar-refractivity contribution in [1.82, 2.24) is 20.2 Å². The lowest BCUT2D eigenvalue weighted by Gasteiger charge is -2.13. The van der Waals surface area contributed by atoms with E-state index in [1.54, 1.807) is 6.20 Å². The van der Waals surface area contributed by atoms with Gasteiger partial charge in [-0.25, -0.2) is 5.84 Å². The van der Waals surface area contributed by atoms with Gasteiger partial charge in [0.05, 0.1) is 11.6 Å². The Bertz CT molecular complexity index is 528. The van der Waals surface area contributed by atoms with Crippen LogP contribution in [0.4, 0.5) is 11.8 Å². The van der Waals surface area contributed by atoms with E-state index >= 15 is 0 Å². The minimum atomic E-state index is 0.157. The molecule has 0 aliphatic heterocycles. The van der Waals surface area contributed by atoms with Crippen LogP contribution < -0.4 is 16.6 Å². The number of hydrogen-bond acceptors (Lipinski definition) is 6. The van der Waals surface area contributed by atoms with E-state index < -0.39 is 0 Å². The molecule has 2 aromatic rings. The molecule has 2 aromatic heterocycles. The third-order valence-electron chi connectivity index (χ3n) is 2.86. The Kier molecular flexibility index (Phi) is 1.78. The number of aromatic nitrogens is 4. The van der Waals surface area contributed by atoms with E-state index in [4.69, 9.17) is 5.84 Å². The van der Waals surface area contributed by atoms with Gasteiger partial charge in [-0.3, -0.25) is 10.5 Å². The van der Waals surface area contributed by atoms with Crippen LogP contribution in [0, 0.1) is 0 Å². The smallest absolute Gasteiger partial charge is 0.241 e. The third kappa shape index (κ3) is 1.45. The Morgan fingerprint density at radius 2 is 2.25 bits per heavy atom. The maximum Gasteiger partial charge on any atom is 0.241 e. The monoisotopic (exact) mass is 219 g/mol. The standard InChI is InChI=1S/C9H13N7/c1-9(2-3-9)14-6-5-4-11-16-7(5)13-8(12-6)15-10/h4H,2-3,10H2,1H3,(H3,11,12,13,14,15,16). The second kappa shape index (κ2) is 3.05. The van der Waals surface area contributed by atoms with Gasteiger partial charge >= 0.3 is 0 Å². The number of fused-ring (bicyclic) bond motifs is 1. The van der Waals surface area contributed by atoms with E-state index in [1.807, 2.05) is 0 Å². The zero-order chi connectivity index (χ0) is 11.2. The van der Waals surface area contributed by atoms with Crippen LogP contribution in [-0.2, 0) is 0 Å². The summed E-state index contributed by atoms with van der Waals surface area (Å²) in [5.74, 6) is 6.47. The van der Waals surface area contributed by atoms with Crippen LogP contribution in [0.3, 0.4) is 0 Å². The summed E-state index contributed by atoms with van der Waals surface area (Å²) >= 11 is 0. The van der Waals surface area contributed by atoms with E-state index in [0.717, 1.165) is 24.0 Å². The maximum absolute atomic E-state index is 5.32. The van der Waals surface area contributed by atoms with Crippen LogP contribution in [-0.4, -0.2) is 25.7 Å². The summed E-state index contributed by atoms with van der Waals surface area (Å²) in [4.78, 5) is 8.46. The molecule has 0 saturated heterocycles. The summed E-state index contributed by atoms with van der Waals surface area (Å²) in [6, 6.07) is 0. The largest absolute Gasteiger partial charge is 0.364 e. The van der Waals surface area contributed by atoms with E-state index in [0.29, 0.717) is 11.6 Å². The predicted octanol–water partition coefficient (Wildman–Crippen LogP) is 0.603. The number of nitrogens with zero attached hydrogens (tertiary/aromatic N) is 3. The van der Waals surface area contributed by atoms with Gasteiger partial charge < -0.3 is 5.32 Å². The molecule has 0 amide bonds. The Balaban J connectivity index is 2.09. The van der Waals surface area contributed by atoms with Crippen molar-refractivity contribution in [2.24, 2.45) is 5.84 Å². The number of rotatable bonds is 3. The zero-order valence-electron chi connectivity index (χ0n) is 8.91. The van der Waals surface area contributed by atoms with Crippen molar-refractivity contribution in [3.8, 4) is 0 Å². The summed E-state index contributed by atoms with van der Waals surface area (Å²) < 4.78 is 0. The van der Waals surface area contributed by atoms with Crippen LogP contribution in [0.25, 0.3) is 11.0 Å². The van der Waals surface area contributed by atoms with Crippen molar-refractivity contribution in [3.05, 3.63) is 6.20 Å². The van der Waals surface area contributed by atoms with Crippen LogP contribution in [0.1, 0.15) is 19.8 Å². The number of nitrogen functional groups attached to an aromatic ring is 1. The Morgan fingerprint density at radius 3 is 2.94 bits per heavy atom. The van der Waals surface area contributed by atoms with Gasteiger partial charge in [0.15, 0.2) is 5.65 Å². The van der Waals surface area contributed by atoms with Gasteiger partial charge in [0.1, 0.15) is 5.82 Å². The first-order valence-corrected chi connectivity index (χ1v) is 5.16. The number of nitrogens with two attached hydrogens (primary N) is 1. The SMILES string of the molecule is CC1(Nc2nc(NN)nc3[nH]ncc23)CC1. The first-order chi connectivity index (χ1) is 7.70. The number of H-pyrrole nitrogens is 1. The minimum Gasteiger partial charge on any atom is -0.364 e. The topological polar surface area (TPSA) is 105 Å². The van der Waals surface area contributed by atoms with Crippen molar-refractivity contribution in [3.63, 3.8) is 0 Å². The fourth-order valence-electron chi connectivity index (χ4n) is 1.59. The highest BCUT2D eigenvalue weighted by Crippen LogP contribution is 2.38. The summed E-state index contributed by atoms with van der Waals surface area (Å²) in [5, 5.41) is 11.0. The van der Waals surface area contributed by atoms with Gasteiger partial charge in [0, 0.05) is 5.54 Å². The van der Waals surface area contributed by atoms with E-state index in [2.05, 4.69) is 37.8 Å². The van der Waals surface area contributed by atoms with Gasteiger partial charge in [0.25, 0.3) is 0 Å². The molecule has 1 fully saturated rings. The van der Waals surface area contributed by atoms with Crippen LogP contribution in [0.15, 0.2) is 6.20 Å². The molecule has 0 atom stereocenters. The maximum atomic E-state index is 5.32. The molecule has 1 aliphatic rings. The summed E-state index contributed by atoms with van der Waals surface area (Å²) in [7, 11) is 0. The minimum absolute atomic E-state index is 0.157. The first kappa shape index (κ1) is 9.34. The fraction of sp³-hybridized carbons (Fsp3) is 0.444. The summed E-state index contributed by atoms with van der Waals surface area (Å²) in [6.07, 6.45) is 4.02. The van der Waals surface area contributed by atoms with Gasteiger partial charge in [-0.1, -0.05) is 0 Å². The van der Waals surface area contributed by atoms with Crippen LogP contribution in [0.5, 0.6) is 0 Å². The van der Waals surface area contributed by atoms with Crippen LogP contribution in [0.2, 0.25) is 0 Å². The molecule has 0 unspecified atom stereocenters. The van der Waals surface area contributed by atoms with Crippen molar-refractivity contribution in [1.29, 1.82) is 0 Å². The second-order valence-corrected chi connectivity index (χ2v) is 4.36. The fourth-order valence-corrected chi connectivity index (χ4v) is 1.59. The number of anilines is 2. The molecule has 1 aliphatic carbocycles. The number of aromatic amines is 1. The van der Waals surface area contributed by atoms with Gasteiger partial charge in [-0.15, -0.1) is 0 Å². The highest BCUT2D eigenvalue weighted by atomic mass is 15.3. The molecule has 7 nitrogen and oxygen atoms in total. The molecule has 2 heterocycles. The Morgan fingerprint density at radius 1 is 1.44 bits per heavy atom. The van der Waals surface area contributed by atoms with Crippen molar-refractivity contribution in [2.75, 3.05) is 10.7 Å². The molecule has 84 valence electrons. The molecule has 0 radical (unpaired) electrons. The Hall–Kier alpha value is -1.89. The van der Waals surface area contributed by atoms with E-state index in [1.165, 1.54) is 0 Å². The molecule has 3 rings (SSSR count). The van der Waals surface area contributed by atoms with Gasteiger partial charge in [-0.05, 0) is 19.8 Å². The van der Waals surface area contributed by atoms with Crippen molar-refractivity contribution >= 4 is 22.8 Å². The highest BCUT2D eigenvalue weighted by Gasteiger charge is 2.38. The van der Waals surface area contributed by atoms with Gasteiger partial charge in [-0.2, -0.15) is 15.1 Å².